The summed E-state index contributed by atoms with van der Waals surface area (Å²) in [5.41, 5.74) is -1.98. The molecule has 2 saturated heterocycles. The van der Waals surface area contributed by atoms with Gasteiger partial charge in [0.15, 0.2) is 0 Å². The third-order valence-corrected chi connectivity index (χ3v) is 7.75. The number of hydrogen-bond acceptors (Lipinski definition) is 9. The van der Waals surface area contributed by atoms with Crippen molar-refractivity contribution >= 4 is 35.5 Å². The number of carbonyl (C=O) groups is 3. The van der Waals surface area contributed by atoms with E-state index in [1.54, 1.807) is 0 Å². The molecule has 0 bridgehead atoms. The van der Waals surface area contributed by atoms with Gasteiger partial charge in [0.25, 0.3) is 0 Å². The molecule has 4 heterocycles. The number of carboxylic acids is 1. The molecular weight excluding hydrogens is 456 g/mol. The number of fused-ring (bicyclic) bond motifs is 1. The van der Waals surface area contributed by atoms with Crippen LogP contribution < -0.4 is 21.8 Å². The van der Waals surface area contributed by atoms with Crippen LogP contribution >= 0.6 is 11.8 Å². The second-order valence-corrected chi connectivity index (χ2v) is 9.78. The fourth-order valence-corrected chi connectivity index (χ4v) is 6.11. The smallest absolute Gasteiger partial charge is 0.353 e. The Kier molecular flexibility index (Phi) is 5.92. The molecule has 2 amide bonds. The molecule has 1 aromatic rings. The number of nitrogens with zero attached hydrogens (tertiary/aromatic N) is 3. The number of amides is 2. The third-order valence-electron chi connectivity index (χ3n) is 6.24. The predicted molar refractivity (Wildman–Crippen MR) is 116 cm³/mol. The maximum absolute atomic E-state index is 12.6. The lowest BCUT2D eigenvalue weighted by atomic mass is 9.79. The Hall–Kier alpha value is -2.97. The second-order valence-electron chi connectivity index (χ2n) is 8.44. The molecule has 178 valence electrons. The molecule has 0 spiro atoms. The van der Waals surface area contributed by atoms with Crippen molar-refractivity contribution in [3.05, 3.63) is 31.3 Å². The summed E-state index contributed by atoms with van der Waals surface area (Å²) in [5.74, 6) is -3.04. The van der Waals surface area contributed by atoms with Crippen LogP contribution in [0.4, 0.5) is 5.95 Å². The molecule has 0 radical (unpaired) electrons. The average Bonchev–Trinajstić information content (AvgIpc) is 3.28. The Morgan fingerprint density at radius 3 is 2.64 bits per heavy atom. The van der Waals surface area contributed by atoms with Crippen LogP contribution in [0.25, 0.3) is 0 Å². The Balaban J connectivity index is 1.46. The monoisotopic (exact) mass is 480 g/mol. The molecule has 0 aromatic carbocycles. The number of aromatic nitrogens is 3. The van der Waals surface area contributed by atoms with E-state index in [9.17, 15) is 34.2 Å². The summed E-state index contributed by atoms with van der Waals surface area (Å²) in [6, 6.07) is -1.02. The zero-order valence-electron chi connectivity index (χ0n) is 18.1. The lowest BCUT2D eigenvalue weighted by Crippen LogP contribution is -2.63. The molecule has 33 heavy (non-hydrogen) atoms. The minimum atomic E-state index is -1.20. The highest BCUT2D eigenvalue weighted by Gasteiger charge is 2.60. The summed E-state index contributed by atoms with van der Waals surface area (Å²) in [6.45, 7) is 3.78. The van der Waals surface area contributed by atoms with Crippen molar-refractivity contribution in [2.75, 3.05) is 11.9 Å². The number of aromatic amines is 1. The van der Waals surface area contributed by atoms with Crippen LogP contribution in [0.5, 0.6) is 0 Å². The first kappa shape index (κ1) is 23.2. The largest absolute Gasteiger partial charge is 0.477 e. The minimum Gasteiger partial charge on any atom is -0.477 e. The highest BCUT2D eigenvalue weighted by Crippen LogP contribution is 2.51. The van der Waals surface area contributed by atoms with Gasteiger partial charge in [-0.25, -0.2) is 4.79 Å². The van der Waals surface area contributed by atoms with Gasteiger partial charge >= 0.3 is 17.1 Å². The van der Waals surface area contributed by atoms with Crippen LogP contribution in [-0.4, -0.2) is 77.6 Å². The van der Waals surface area contributed by atoms with Gasteiger partial charge in [-0.15, -0.1) is 11.8 Å². The number of anilines is 1. The van der Waals surface area contributed by atoms with Crippen molar-refractivity contribution in [2.45, 2.75) is 43.7 Å². The summed E-state index contributed by atoms with van der Waals surface area (Å²) in [6.07, 6.45) is -0.505. The van der Waals surface area contributed by atoms with Crippen molar-refractivity contribution in [1.82, 2.24) is 25.0 Å². The van der Waals surface area contributed by atoms with Crippen LogP contribution in [-0.2, 0) is 21.4 Å². The summed E-state index contributed by atoms with van der Waals surface area (Å²) < 4.78 is 1.13. The minimum absolute atomic E-state index is 0.0558. The van der Waals surface area contributed by atoms with Gasteiger partial charge < -0.3 is 20.4 Å². The molecule has 0 aliphatic carbocycles. The van der Waals surface area contributed by atoms with Crippen molar-refractivity contribution in [3.8, 4) is 0 Å². The first-order valence-corrected chi connectivity index (χ1v) is 11.3. The van der Waals surface area contributed by atoms with Crippen LogP contribution in [0, 0.1) is 11.8 Å². The molecule has 3 aliphatic heterocycles. The first-order valence-electron chi connectivity index (χ1n) is 10.4. The molecule has 5 N–H and O–H groups in total. The van der Waals surface area contributed by atoms with Crippen LogP contribution in [0.15, 0.2) is 20.2 Å². The first-order chi connectivity index (χ1) is 15.5. The number of rotatable bonds is 6. The Morgan fingerprint density at radius 2 is 2.00 bits per heavy atom. The van der Waals surface area contributed by atoms with Crippen molar-refractivity contribution in [3.63, 3.8) is 0 Å². The van der Waals surface area contributed by atoms with E-state index in [0.717, 1.165) is 4.68 Å². The van der Waals surface area contributed by atoms with Crippen molar-refractivity contribution < 1.29 is 24.6 Å². The van der Waals surface area contributed by atoms with Gasteiger partial charge in [0, 0.05) is 29.7 Å². The third kappa shape index (κ3) is 3.87. The number of aliphatic hydroxyl groups is 1. The molecule has 13 nitrogen and oxygen atoms in total. The molecule has 0 saturated carbocycles. The highest BCUT2D eigenvalue weighted by atomic mass is 32.2. The lowest BCUT2D eigenvalue weighted by molar-refractivity contribution is -0.163. The van der Waals surface area contributed by atoms with Gasteiger partial charge in [0.2, 0.25) is 17.8 Å². The molecule has 14 heteroatoms. The standard InChI is InChI=1S/C19H24N6O7S/c1-6-11-10(7(2)26)17(30)25(11)12(18(31)32)13(6)33-8-4-9(20-5-8)14(27)21-19-22-15(28)16(29)23-24(19)3/h6-11,20,26H,4-5H2,1-3H3,(H,23,29)(H,31,32)(H,21,22,27,28)/t6-,7-,8+,9+,10?,11?/m1/s1. The quantitative estimate of drug-likeness (QED) is 0.226. The predicted octanol–water partition coefficient (Wildman–Crippen LogP) is -1.98. The van der Waals surface area contributed by atoms with Crippen LogP contribution in [0.3, 0.4) is 0 Å². The van der Waals surface area contributed by atoms with Crippen LogP contribution in [0.2, 0.25) is 0 Å². The Bertz CT molecular complexity index is 1170. The number of hydrogen-bond donors (Lipinski definition) is 5. The molecular formula is C19H24N6O7S. The maximum Gasteiger partial charge on any atom is 0.353 e. The molecule has 2 unspecified atom stereocenters. The van der Waals surface area contributed by atoms with Gasteiger partial charge in [0.1, 0.15) is 5.70 Å². The number of thioether (sulfide) groups is 1. The van der Waals surface area contributed by atoms with E-state index in [0.29, 0.717) is 17.9 Å². The van der Waals surface area contributed by atoms with Gasteiger partial charge in [0.05, 0.1) is 24.1 Å². The number of β-lactam (4-membered cyclic amide) rings is 1. The summed E-state index contributed by atoms with van der Waals surface area (Å²) >= 11 is 1.32. The van der Waals surface area contributed by atoms with E-state index < -0.39 is 53.0 Å². The zero-order chi connectivity index (χ0) is 24.2. The zero-order valence-corrected chi connectivity index (χ0v) is 18.9. The Labute approximate surface area is 191 Å². The average molecular weight is 481 g/mol. The topological polar surface area (TPSA) is 187 Å². The number of aryl methyl sites for hydroxylation is 1. The fraction of sp³-hybridized carbons (Fsp3) is 0.579. The number of carboxylic acid groups (broad SMARTS) is 1. The van der Waals surface area contributed by atoms with Crippen LogP contribution in [0.1, 0.15) is 20.3 Å². The van der Waals surface area contributed by atoms with E-state index in [4.69, 9.17) is 0 Å². The number of aliphatic hydroxyl groups excluding tert-OH is 1. The number of aliphatic carboxylic acids is 1. The summed E-state index contributed by atoms with van der Waals surface area (Å²) in [4.78, 5) is 65.2. The van der Waals surface area contributed by atoms with Gasteiger partial charge in [-0.1, -0.05) is 6.92 Å². The van der Waals surface area contributed by atoms with E-state index in [2.05, 4.69) is 20.7 Å². The SMILES string of the molecule is C[C@@H](O)C1C(=O)N2C(C(=O)O)=C(S[C@@H]3CN[C@H](C(=O)Nc4nc(=O)c(=O)[nH]n4C)C3)[C@H](C)C12. The number of nitrogens with one attached hydrogen (secondary N) is 3. The molecule has 2 fully saturated rings. The van der Waals surface area contributed by atoms with Gasteiger partial charge in [-0.3, -0.25) is 34.3 Å². The highest BCUT2D eigenvalue weighted by molar-refractivity contribution is 8.03. The molecule has 6 atom stereocenters. The van der Waals surface area contributed by atoms with E-state index in [-0.39, 0.29) is 22.8 Å². The van der Waals surface area contributed by atoms with Gasteiger partial charge in [-0.05, 0) is 13.3 Å². The van der Waals surface area contributed by atoms with Gasteiger partial charge in [-0.2, -0.15) is 4.98 Å². The second kappa shape index (κ2) is 8.43. The molecule has 1 aromatic heterocycles. The number of carbonyl (C=O) groups excluding carboxylic acids is 2. The lowest BCUT2D eigenvalue weighted by Gasteiger charge is -2.46. The number of H-pyrrole nitrogens is 1. The normalized spacial score (nSPS) is 29.6. The molecule has 3 aliphatic rings. The summed E-state index contributed by atoms with van der Waals surface area (Å²) in [5, 5.41) is 27.4. The van der Waals surface area contributed by atoms with E-state index >= 15 is 0 Å². The van der Waals surface area contributed by atoms with Crippen molar-refractivity contribution in [1.29, 1.82) is 0 Å². The Morgan fingerprint density at radius 1 is 1.30 bits per heavy atom. The van der Waals surface area contributed by atoms with E-state index in [1.165, 1.54) is 30.6 Å². The molecule has 4 rings (SSSR count). The summed E-state index contributed by atoms with van der Waals surface area (Å²) in [7, 11) is 1.43. The van der Waals surface area contributed by atoms with E-state index in [1.807, 2.05) is 6.92 Å². The fourth-order valence-electron chi connectivity index (χ4n) is 4.64. The van der Waals surface area contributed by atoms with Crippen molar-refractivity contribution in [2.24, 2.45) is 18.9 Å². The maximum atomic E-state index is 12.6.